The molecule has 2 heteroatoms. The van der Waals surface area contributed by atoms with Crippen LogP contribution in [0.3, 0.4) is 0 Å². The minimum atomic E-state index is 0.446. The quantitative estimate of drug-likeness (QED) is 0.881. The van der Waals surface area contributed by atoms with Crippen LogP contribution in [-0.4, -0.2) is 24.5 Å². The Labute approximate surface area is 124 Å². The molecular formula is C18H30N2. The first-order chi connectivity index (χ1) is 9.49. The fourth-order valence-corrected chi connectivity index (χ4v) is 3.05. The van der Waals surface area contributed by atoms with Crippen LogP contribution in [0.2, 0.25) is 0 Å². The molecule has 1 saturated heterocycles. The zero-order valence-electron chi connectivity index (χ0n) is 13.6. The van der Waals surface area contributed by atoms with Gasteiger partial charge in [-0.15, -0.1) is 0 Å². The monoisotopic (exact) mass is 274 g/mol. The van der Waals surface area contributed by atoms with E-state index in [0.29, 0.717) is 5.41 Å². The Morgan fingerprint density at radius 1 is 1.25 bits per heavy atom. The van der Waals surface area contributed by atoms with Gasteiger partial charge in [-0.05, 0) is 42.0 Å². The molecule has 1 N–H and O–H groups in total. The molecule has 1 aliphatic rings. The zero-order valence-corrected chi connectivity index (χ0v) is 13.6. The van der Waals surface area contributed by atoms with Gasteiger partial charge in [-0.1, -0.05) is 52.0 Å². The van der Waals surface area contributed by atoms with Gasteiger partial charge >= 0.3 is 0 Å². The number of benzene rings is 1. The Bertz CT molecular complexity index is 420. The summed E-state index contributed by atoms with van der Waals surface area (Å²) in [7, 11) is 0. The molecule has 20 heavy (non-hydrogen) atoms. The summed E-state index contributed by atoms with van der Waals surface area (Å²) in [6.45, 7) is 14.9. The molecule has 1 unspecified atom stereocenters. The van der Waals surface area contributed by atoms with E-state index < -0.39 is 0 Å². The maximum atomic E-state index is 3.40. The van der Waals surface area contributed by atoms with Gasteiger partial charge in [0, 0.05) is 19.6 Å². The number of nitrogens with zero attached hydrogens (tertiary/aromatic N) is 1. The first-order valence-electron chi connectivity index (χ1n) is 8.00. The summed E-state index contributed by atoms with van der Waals surface area (Å²) in [4.78, 5) is 2.61. The summed E-state index contributed by atoms with van der Waals surface area (Å²) >= 11 is 0. The molecular weight excluding hydrogens is 244 g/mol. The highest BCUT2D eigenvalue weighted by Gasteiger charge is 2.31. The van der Waals surface area contributed by atoms with Gasteiger partial charge in [0.15, 0.2) is 0 Å². The van der Waals surface area contributed by atoms with E-state index in [1.165, 1.54) is 30.6 Å². The molecule has 0 spiro atoms. The molecule has 2 nitrogen and oxygen atoms in total. The molecule has 1 aliphatic heterocycles. The van der Waals surface area contributed by atoms with Gasteiger partial charge in [-0.3, -0.25) is 4.90 Å². The maximum absolute atomic E-state index is 3.40. The molecule has 2 rings (SSSR count). The van der Waals surface area contributed by atoms with Crippen molar-refractivity contribution >= 4 is 0 Å². The Morgan fingerprint density at radius 3 is 2.65 bits per heavy atom. The van der Waals surface area contributed by atoms with Gasteiger partial charge < -0.3 is 5.32 Å². The maximum Gasteiger partial charge on any atom is 0.0233 e. The summed E-state index contributed by atoms with van der Waals surface area (Å²) in [5.74, 6) is 0.840. The normalized spacial score (nSPS) is 20.5. The first-order valence-corrected chi connectivity index (χ1v) is 8.00. The van der Waals surface area contributed by atoms with Crippen LogP contribution in [0.4, 0.5) is 0 Å². The molecule has 1 atom stereocenters. The van der Waals surface area contributed by atoms with E-state index in [9.17, 15) is 0 Å². The van der Waals surface area contributed by atoms with E-state index in [4.69, 9.17) is 0 Å². The molecule has 1 aromatic carbocycles. The van der Waals surface area contributed by atoms with Crippen LogP contribution in [0.5, 0.6) is 0 Å². The Balaban J connectivity index is 1.91. The number of nitrogens with one attached hydrogen (secondary N) is 1. The second kappa shape index (κ2) is 6.73. The molecule has 1 heterocycles. The largest absolute Gasteiger partial charge is 0.313 e. The predicted molar refractivity (Wildman–Crippen MR) is 86.7 cm³/mol. The molecule has 112 valence electrons. The van der Waals surface area contributed by atoms with Crippen molar-refractivity contribution in [2.24, 2.45) is 11.3 Å². The van der Waals surface area contributed by atoms with Gasteiger partial charge in [0.2, 0.25) is 0 Å². The van der Waals surface area contributed by atoms with Crippen molar-refractivity contribution in [3.8, 4) is 0 Å². The molecule has 0 radical (unpaired) electrons. The second-order valence-electron chi connectivity index (χ2n) is 7.19. The highest BCUT2D eigenvalue weighted by atomic mass is 15.1. The Hall–Kier alpha value is -0.860. The highest BCUT2D eigenvalue weighted by Crippen LogP contribution is 2.34. The lowest BCUT2D eigenvalue weighted by molar-refractivity contribution is 0.226. The SMILES string of the molecule is CCNCc1cccc(CN2CCC(C(C)(C)C)C2)c1. The lowest BCUT2D eigenvalue weighted by Crippen LogP contribution is -2.25. The molecule has 1 aromatic rings. The van der Waals surface area contributed by atoms with Gasteiger partial charge in [0.25, 0.3) is 0 Å². The van der Waals surface area contributed by atoms with E-state index in [-0.39, 0.29) is 0 Å². The number of likely N-dealkylation sites (tertiary alicyclic amines) is 1. The van der Waals surface area contributed by atoms with Crippen molar-refractivity contribution in [2.75, 3.05) is 19.6 Å². The smallest absolute Gasteiger partial charge is 0.0233 e. The summed E-state index contributed by atoms with van der Waals surface area (Å²) in [5.41, 5.74) is 3.30. The fourth-order valence-electron chi connectivity index (χ4n) is 3.05. The molecule has 0 aromatic heterocycles. The van der Waals surface area contributed by atoms with Crippen LogP contribution in [0, 0.1) is 11.3 Å². The molecule has 0 aliphatic carbocycles. The fraction of sp³-hybridized carbons (Fsp3) is 0.667. The van der Waals surface area contributed by atoms with Crippen LogP contribution in [0.1, 0.15) is 45.2 Å². The van der Waals surface area contributed by atoms with Crippen molar-refractivity contribution < 1.29 is 0 Å². The number of hydrogen-bond donors (Lipinski definition) is 1. The molecule has 0 saturated carbocycles. The topological polar surface area (TPSA) is 15.3 Å². The summed E-state index contributed by atoms with van der Waals surface area (Å²) in [6.07, 6.45) is 1.35. The Morgan fingerprint density at radius 2 is 2.00 bits per heavy atom. The minimum Gasteiger partial charge on any atom is -0.313 e. The standard InChI is InChI=1S/C18H30N2/c1-5-19-12-15-7-6-8-16(11-15)13-20-10-9-17(14-20)18(2,3)4/h6-8,11,17,19H,5,9-10,12-14H2,1-4H3. The van der Waals surface area contributed by atoms with Crippen molar-refractivity contribution in [1.29, 1.82) is 0 Å². The van der Waals surface area contributed by atoms with Gasteiger partial charge in [-0.2, -0.15) is 0 Å². The summed E-state index contributed by atoms with van der Waals surface area (Å²) in [6, 6.07) is 9.03. The van der Waals surface area contributed by atoms with Crippen LogP contribution < -0.4 is 5.32 Å². The first kappa shape index (κ1) is 15.5. The van der Waals surface area contributed by atoms with E-state index in [0.717, 1.165) is 25.6 Å². The van der Waals surface area contributed by atoms with E-state index >= 15 is 0 Å². The molecule has 0 amide bonds. The van der Waals surface area contributed by atoms with Crippen molar-refractivity contribution in [1.82, 2.24) is 10.2 Å². The van der Waals surface area contributed by atoms with Crippen LogP contribution in [0.25, 0.3) is 0 Å². The van der Waals surface area contributed by atoms with E-state index in [1.54, 1.807) is 0 Å². The van der Waals surface area contributed by atoms with Crippen LogP contribution in [0.15, 0.2) is 24.3 Å². The zero-order chi connectivity index (χ0) is 14.6. The lowest BCUT2D eigenvalue weighted by atomic mass is 9.80. The van der Waals surface area contributed by atoms with Gasteiger partial charge in [0.05, 0.1) is 0 Å². The second-order valence-corrected chi connectivity index (χ2v) is 7.19. The van der Waals surface area contributed by atoms with Crippen molar-refractivity contribution in [3.63, 3.8) is 0 Å². The summed E-state index contributed by atoms with van der Waals surface area (Å²) in [5, 5.41) is 3.40. The van der Waals surface area contributed by atoms with Crippen LogP contribution in [-0.2, 0) is 13.1 Å². The highest BCUT2D eigenvalue weighted by molar-refractivity contribution is 5.23. The average molecular weight is 274 g/mol. The van der Waals surface area contributed by atoms with Gasteiger partial charge in [0.1, 0.15) is 0 Å². The molecule has 0 bridgehead atoms. The Kier molecular flexibility index (Phi) is 5.22. The molecule has 1 fully saturated rings. The van der Waals surface area contributed by atoms with E-state index in [1.807, 2.05) is 0 Å². The average Bonchev–Trinajstić information content (AvgIpc) is 2.85. The third-order valence-corrected chi connectivity index (χ3v) is 4.47. The van der Waals surface area contributed by atoms with Crippen molar-refractivity contribution in [2.45, 2.75) is 47.2 Å². The summed E-state index contributed by atoms with van der Waals surface area (Å²) < 4.78 is 0. The van der Waals surface area contributed by atoms with Crippen LogP contribution >= 0.6 is 0 Å². The number of rotatable bonds is 5. The third kappa shape index (κ3) is 4.32. The van der Waals surface area contributed by atoms with Crippen molar-refractivity contribution in [3.05, 3.63) is 35.4 Å². The predicted octanol–water partition coefficient (Wildman–Crippen LogP) is 3.66. The van der Waals surface area contributed by atoms with E-state index in [2.05, 4.69) is 62.2 Å². The third-order valence-electron chi connectivity index (χ3n) is 4.47. The minimum absolute atomic E-state index is 0.446. The van der Waals surface area contributed by atoms with Gasteiger partial charge in [-0.25, -0.2) is 0 Å². The number of hydrogen-bond acceptors (Lipinski definition) is 2. The lowest BCUT2D eigenvalue weighted by Gasteiger charge is -2.27.